The second kappa shape index (κ2) is 3.56. The fourth-order valence-corrected chi connectivity index (χ4v) is 1.77. The first kappa shape index (κ1) is 8.85. The van der Waals surface area contributed by atoms with E-state index in [4.69, 9.17) is 22.1 Å². The molecule has 0 saturated carbocycles. The van der Waals surface area contributed by atoms with E-state index in [-0.39, 0.29) is 0 Å². The summed E-state index contributed by atoms with van der Waals surface area (Å²) in [6.45, 7) is 1.40. The third-order valence-corrected chi connectivity index (χ3v) is 2.57. The monoisotopic (exact) mass is 197 g/mol. The molecule has 2 N–H and O–H groups in total. The van der Waals surface area contributed by atoms with Crippen LogP contribution in [0.3, 0.4) is 0 Å². The van der Waals surface area contributed by atoms with E-state index in [9.17, 15) is 0 Å². The van der Waals surface area contributed by atoms with Gasteiger partial charge in [0.25, 0.3) is 0 Å². The highest BCUT2D eigenvalue weighted by Gasteiger charge is 2.18. The molecule has 1 aliphatic rings. The molecule has 2 rings (SSSR count). The predicted molar refractivity (Wildman–Crippen MR) is 53.2 cm³/mol. The molecule has 1 aliphatic heterocycles. The van der Waals surface area contributed by atoms with Gasteiger partial charge in [-0.2, -0.15) is 0 Å². The Labute approximate surface area is 82.6 Å². The highest BCUT2D eigenvalue weighted by atomic mass is 35.5. The maximum atomic E-state index is 5.88. The number of benzene rings is 1. The minimum Gasteiger partial charge on any atom is -0.493 e. The first-order valence-electron chi connectivity index (χ1n) is 4.41. The van der Waals surface area contributed by atoms with Crippen LogP contribution < -0.4 is 10.5 Å². The van der Waals surface area contributed by atoms with Gasteiger partial charge >= 0.3 is 0 Å². The topological polar surface area (TPSA) is 35.2 Å². The Bertz CT molecular complexity index is 314. The van der Waals surface area contributed by atoms with Gasteiger partial charge in [0.15, 0.2) is 0 Å². The Balaban J connectivity index is 2.27. The third-order valence-electron chi connectivity index (χ3n) is 2.34. The second-order valence-electron chi connectivity index (χ2n) is 3.37. The Morgan fingerprint density at radius 1 is 1.54 bits per heavy atom. The maximum Gasteiger partial charge on any atom is 0.122 e. The first-order valence-corrected chi connectivity index (χ1v) is 4.78. The van der Waals surface area contributed by atoms with E-state index in [1.165, 1.54) is 5.56 Å². The standard InChI is InChI=1S/C10H12ClNO/c11-9-1-2-10-8(4-9)3-7(5-12)6-13-10/h1-2,4,7H,3,5-6,12H2. The molecule has 1 heterocycles. The smallest absolute Gasteiger partial charge is 0.122 e. The largest absolute Gasteiger partial charge is 0.493 e. The summed E-state index contributed by atoms with van der Waals surface area (Å²) in [5.74, 6) is 1.39. The Morgan fingerprint density at radius 3 is 3.15 bits per heavy atom. The molecule has 0 aliphatic carbocycles. The van der Waals surface area contributed by atoms with Crippen LogP contribution in [0.25, 0.3) is 0 Å². The van der Waals surface area contributed by atoms with E-state index in [1.54, 1.807) is 0 Å². The lowest BCUT2D eigenvalue weighted by atomic mass is 9.97. The van der Waals surface area contributed by atoms with Gasteiger partial charge in [-0.25, -0.2) is 0 Å². The molecule has 0 fully saturated rings. The molecule has 1 atom stereocenters. The summed E-state index contributed by atoms with van der Waals surface area (Å²) in [6, 6.07) is 5.73. The van der Waals surface area contributed by atoms with Crippen LogP contribution in [0.5, 0.6) is 5.75 Å². The molecular weight excluding hydrogens is 186 g/mol. The summed E-state index contributed by atoms with van der Waals surface area (Å²) in [6.07, 6.45) is 0.979. The predicted octanol–water partition coefficient (Wildman–Crippen LogP) is 1.85. The summed E-state index contributed by atoms with van der Waals surface area (Å²) < 4.78 is 5.54. The third kappa shape index (κ3) is 1.79. The molecule has 2 nitrogen and oxygen atoms in total. The van der Waals surface area contributed by atoms with Crippen molar-refractivity contribution >= 4 is 11.6 Å². The van der Waals surface area contributed by atoms with Gasteiger partial charge in [-0.15, -0.1) is 0 Å². The van der Waals surface area contributed by atoms with Crippen LogP contribution in [0, 0.1) is 5.92 Å². The molecule has 70 valence electrons. The van der Waals surface area contributed by atoms with Crippen LogP contribution >= 0.6 is 11.6 Å². The lowest BCUT2D eigenvalue weighted by molar-refractivity contribution is 0.226. The fourth-order valence-electron chi connectivity index (χ4n) is 1.58. The summed E-state index contributed by atoms with van der Waals surface area (Å²) >= 11 is 5.88. The molecule has 0 bridgehead atoms. The van der Waals surface area contributed by atoms with Crippen LogP contribution in [0.4, 0.5) is 0 Å². The number of rotatable bonds is 1. The summed E-state index contributed by atoms with van der Waals surface area (Å²) in [5, 5.41) is 0.764. The quantitative estimate of drug-likeness (QED) is 0.746. The van der Waals surface area contributed by atoms with Crippen molar-refractivity contribution in [1.29, 1.82) is 0 Å². The van der Waals surface area contributed by atoms with Crippen molar-refractivity contribution in [3.63, 3.8) is 0 Å². The zero-order valence-corrected chi connectivity index (χ0v) is 8.05. The Hall–Kier alpha value is -0.730. The fraction of sp³-hybridized carbons (Fsp3) is 0.400. The van der Waals surface area contributed by atoms with Crippen molar-refractivity contribution < 1.29 is 4.74 Å². The molecule has 1 aromatic carbocycles. The Kier molecular flexibility index (Phi) is 2.42. The summed E-state index contributed by atoms with van der Waals surface area (Å²) in [7, 11) is 0. The van der Waals surface area contributed by atoms with E-state index in [2.05, 4.69) is 0 Å². The zero-order valence-electron chi connectivity index (χ0n) is 7.29. The molecule has 13 heavy (non-hydrogen) atoms. The lowest BCUT2D eigenvalue weighted by Gasteiger charge is -2.24. The maximum absolute atomic E-state index is 5.88. The normalized spacial score (nSPS) is 20.6. The molecule has 0 radical (unpaired) electrons. The van der Waals surface area contributed by atoms with Gasteiger partial charge in [-0.05, 0) is 36.7 Å². The van der Waals surface area contributed by atoms with Crippen molar-refractivity contribution in [2.45, 2.75) is 6.42 Å². The molecule has 0 spiro atoms. The Morgan fingerprint density at radius 2 is 2.38 bits per heavy atom. The van der Waals surface area contributed by atoms with Crippen LogP contribution in [-0.4, -0.2) is 13.2 Å². The van der Waals surface area contributed by atoms with Crippen molar-refractivity contribution in [2.24, 2.45) is 11.7 Å². The molecule has 3 heteroatoms. The van der Waals surface area contributed by atoms with Crippen LogP contribution in [0.2, 0.25) is 5.02 Å². The van der Waals surface area contributed by atoms with Gasteiger partial charge in [0.1, 0.15) is 5.75 Å². The zero-order chi connectivity index (χ0) is 9.26. The lowest BCUT2D eigenvalue weighted by Crippen LogP contribution is -2.27. The average molecular weight is 198 g/mol. The van der Waals surface area contributed by atoms with Gasteiger partial charge in [-0.1, -0.05) is 11.6 Å². The van der Waals surface area contributed by atoms with Gasteiger partial charge in [0.05, 0.1) is 6.61 Å². The SMILES string of the molecule is NCC1COc2ccc(Cl)cc2C1. The highest BCUT2D eigenvalue weighted by Crippen LogP contribution is 2.29. The average Bonchev–Trinajstić information content (AvgIpc) is 2.16. The highest BCUT2D eigenvalue weighted by molar-refractivity contribution is 6.30. The molecule has 0 amide bonds. The molecule has 1 unspecified atom stereocenters. The number of nitrogens with two attached hydrogens (primary N) is 1. The van der Waals surface area contributed by atoms with E-state index in [0.29, 0.717) is 12.5 Å². The van der Waals surface area contributed by atoms with E-state index < -0.39 is 0 Å². The number of hydrogen-bond acceptors (Lipinski definition) is 2. The minimum absolute atomic E-state index is 0.436. The van der Waals surface area contributed by atoms with Crippen molar-refractivity contribution in [1.82, 2.24) is 0 Å². The van der Waals surface area contributed by atoms with Crippen molar-refractivity contribution in [3.05, 3.63) is 28.8 Å². The number of halogens is 1. The summed E-state index contributed by atoms with van der Waals surface area (Å²) in [4.78, 5) is 0. The van der Waals surface area contributed by atoms with Crippen molar-refractivity contribution in [3.8, 4) is 5.75 Å². The van der Waals surface area contributed by atoms with Crippen LogP contribution in [-0.2, 0) is 6.42 Å². The van der Waals surface area contributed by atoms with E-state index in [0.717, 1.165) is 23.8 Å². The minimum atomic E-state index is 0.436. The molecule has 0 aromatic heterocycles. The van der Waals surface area contributed by atoms with Crippen LogP contribution in [0.1, 0.15) is 5.56 Å². The van der Waals surface area contributed by atoms with Gasteiger partial charge in [-0.3, -0.25) is 0 Å². The number of ether oxygens (including phenoxy) is 1. The van der Waals surface area contributed by atoms with Gasteiger partial charge < -0.3 is 10.5 Å². The summed E-state index contributed by atoms with van der Waals surface area (Å²) in [5.41, 5.74) is 6.76. The molecule has 0 saturated heterocycles. The number of fused-ring (bicyclic) bond motifs is 1. The van der Waals surface area contributed by atoms with Crippen molar-refractivity contribution in [2.75, 3.05) is 13.2 Å². The molecular formula is C10H12ClNO. The van der Waals surface area contributed by atoms with Gasteiger partial charge in [0.2, 0.25) is 0 Å². The van der Waals surface area contributed by atoms with Crippen LogP contribution in [0.15, 0.2) is 18.2 Å². The van der Waals surface area contributed by atoms with E-state index >= 15 is 0 Å². The molecule has 1 aromatic rings. The van der Waals surface area contributed by atoms with E-state index in [1.807, 2.05) is 18.2 Å². The number of hydrogen-bond donors (Lipinski definition) is 1. The second-order valence-corrected chi connectivity index (χ2v) is 3.81. The van der Waals surface area contributed by atoms with Gasteiger partial charge in [0, 0.05) is 10.9 Å². The first-order chi connectivity index (χ1) is 6.29.